The fourth-order valence-electron chi connectivity index (χ4n) is 0.864. The van der Waals surface area contributed by atoms with Gasteiger partial charge in [-0.2, -0.15) is 0 Å². The van der Waals surface area contributed by atoms with Crippen LogP contribution in [0, 0.1) is 0 Å². The first kappa shape index (κ1) is 9.65. The minimum absolute atomic E-state index is 0.557. The summed E-state index contributed by atoms with van der Waals surface area (Å²) < 4.78 is 0. The first-order chi connectivity index (χ1) is 5.75. The van der Waals surface area contributed by atoms with Crippen LogP contribution in [0.25, 0.3) is 0 Å². The van der Waals surface area contributed by atoms with E-state index in [1.54, 1.807) is 18.2 Å². The number of nitrogens with two attached hydrogens (primary N) is 1. The van der Waals surface area contributed by atoms with Crippen LogP contribution in [0.4, 0.5) is 5.69 Å². The van der Waals surface area contributed by atoms with Gasteiger partial charge < -0.3 is 11.1 Å². The van der Waals surface area contributed by atoms with Crippen LogP contribution >= 0.6 is 23.2 Å². The molecule has 0 saturated heterocycles. The van der Waals surface area contributed by atoms with Crippen LogP contribution in [0.3, 0.4) is 0 Å². The lowest BCUT2D eigenvalue weighted by atomic mass is 10.3. The molecule has 0 aliphatic heterocycles. The molecule has 4 heteroatoms. The molecule has 0 saturated carbocycles. The SMILES string of the molecule is NCCNc1c(Cl)cccc1Cl. The number of halogens is 2. The van der Waals surface area contributed by atoms with Crippen molar-refractivity contribution < 1.29 is 0 Å². The van der Waals surface area contributed by atoms with Gasteiger partial charge in [-0.05, 0) is 12.1 Å². The molecule has 2 nitrogen and oxygen atoms in total. The number of para-hydroxylation sites is 1. The lowest BCUT2D eigenvalue weighted by Gasteiger charge is -2.08. The van der Waals surface area contributed by atoms with Crippen molar-refractivity contribution in [3.8, 4) is 0 Å². The predicted octanol–water partition coefficient (Wildman–Crippen LogP) is 2.36. The molecule has 0 aliphatic rings. The molecular formula is C8H10Cl2N2. The Morgan fingerprint density at radius 3 is 2.33 bits per heavy atom. The van der Waals surface area contributed by atoms with Gasteiger partial charge in [-0.1, -0.05) is 29.3 Å². The Morgan fingerprint density at radius 1 is 1.25 bits per heavy atom. The first-order valence-corrected chi connectivity index (χ1v) is 4.39. The fraction of sp³-hybridized carbons (Fsp3) is 0.250. The quantitative estimate of drug-likeness (QED) is 0.794. The van der Waals surface area contributed by atoms with E-state index >= 15 is 0 Å². The Morgan fingerprint density at radius 2 is 1.83 bits per heavy atom. The van der Waals surface area contributed by atoms with Crippen molar-refractivity contribution in [2.45, 2.75) is 0 Å². The van der Waals surface area contributed by atoms with E-state index in [0.717, 1.165) is 5.69 Å². The van der Waals surface area contributed by atoms with Gasteiger partial charge in [0.05, 0.1) is 15.7 Å². The van der Waals surface area contributed by atoms with Crippen molar-refractivity contribution in [1.82, 2.24) is 0 Å². The van der Waals surface area contributed by atoms with Crippen molar-refractivity contribution >= 4 is 28.9 Å². The topological polar surface area (TPSA) is 38.0 Å². The number of hydrogen-bond acceptors (Lipinski definition) is 2. The molecule has 0 bridgehead atoms. The molecule has 0 spiro atoms. The van der Waals surface area contributed by atoms with Crippen molar-refractivity contribution in [3.63, 3.8) is 0 Å². The third-order valence-corrected chi connectivity index (χ3v) is 2.04. The maximum absolute atomic E-state index is 5.88. The molecule has 0 radical (unpaired) electrons. The van der Waals surface area contributed by atoms with E-state index in [1.165, 1.54) is 0 Å². The number of rotatable bonds is 3. The summed E-state index contributed by atoms with van der Waals surface area (Å²) in [6.45, 7) is 1.23. The van der Waals surface area contributed by atoms with Crippen LogP contribution in [0.5, 0.6) is 0 Å². The Balaban J connectivity index is 2.81. The van der Waals surface area contributed by atoms with Gasteiger partial charge in [-0.3, -0.25) is 0 Å². The largest absolute Gasteiger partial charge is 0.381 e. The zero-order chi connectivity index (χ0) is 8.97. The van der Waals surface area contributed by atoms with Gasteiger partial charge in [0.15, 0.2) is 0 Å². The summed E-state index contributed by atoms with van der Waals surface area (Å²) in [5, 5.41) is 4.28. The number of hydrogen-bond donors (Lipinski definition) is 2. The van der Waals surface area contributed by atoms with E-state index in [-0.39, 0.29) is 0 Å². The van der Waals surface area contributed by atoms with Gasteiger partial charge >= 0.3 is 0 Å². The summed E-state index contributed by atoms with van der Waals surface area (Å²) in [6.07, 6.45) is 0. The molecular weight excluding hydrogens is 195 g/mol. The maximum Gasteiger partial charge on any atom is 0.0719 e. The Bertz CT molecular complexity index is 243. The third kappa shape index (κ3) is 2.27. The second-order valence-electron chi connectivity index (χ2n) is 2.31. The van der Waals surface area contributed by atoms with E-state index in [2.05, 4.69) is 5.32 Å². The molecule has 0 fully saturated rings. The zero-order valence-corrected chi connectivity index (χ0v) is 7.99. The van der Waals surface area contributed by atoms with Crippen molar-refractivity contribution in [1.29, 1.82) is 0 Å². The molecule has 12 heavy (non-hydrogen) atoms. The summed E-state index contributed by atoms with van der Waals surface area (Å²) in [5.74, 6) is 0. The molecule has 3 N–H and O–H groups in total. The fourth-order valence-corrected chi connectivity index (χ4v) is 1.39. The number of benzene rings is 1. The number of anilines is 1. The molecule has 0 aromatic heterocycles. The number of nitrogens with one attached hydrogen (secondary N) is 1. The van der Waals surface area contributed by atoms with Gasteiger partial charge in [-0.15, -0.1) is 0 Å². The summed E-state index contributed by atoms with van der Waals surface area (Å²) in [5.41, 5.74) is 6.08. The van der Waals surface area contributed by atoms with Crippen molar-refractivity contribution in [2.75, 3.05) is 18.4 Å². The molecule has 0 unspecified atom stereocenters. The Kier molecular flexibility index (Phi) is 3.66. The van der Waals surface area contributed by atoms with Crippen molar-refractivity contribution in [3.05, 3.63) is 28.2 Å². The summed E-state index contributed by atoms with van der Waals surface area (Å²) in [6, 6.07) is 5.37. The zero-order valence-electron chi connectivity index (χ0n) is 6.48. The highest BCUT2D eigenvalue weighted by Crippen LogP contribution is 2.29. The standard InChI is InChI=1S/C8H10Cl2N2/c9-6-2-1-3-7(10)8(6)12-5-4-11/h1-3,12H,4-5,11H2. The predicted molar refractivity (Wildman–Crippen MR) is 54.0 cm³/mol. The third-order valence-electron chi connectivity index (χ3n) is 1.41. The molecule has 1 aromatic rings. The normalized spacial score (nSPS) is 9.92. The van der Waals surface area contributed by atoms with Gasteiger partial charge in [0.25, 0.3) is 0 Å². The Hall–Kier alpha value is -0.440. The van der Waals surface area contributed by atoms with E-state index in [9.17, 15) is 0 Å². The van der Waals surface area contributed by atoms with Gasteiger partial charge in [-0.25, -0.2) is 0 Å². The highest BCUT2D eigenvalue weighted by Gasteiger charge is 2.02. The van der Waals surface area contributed by atoms with Gasteiger partial charge in [0.2, 0.25) is 0 Å². The average Bonchev–Trinajstić information content (AvgIpc) is 2.04. The van der Waals surface area contributed by atoms with Crippen LogP contribution in [0.15, 0.2) is 18.2 Å². The highest BCUT2D eigenvalue weighted by molar-refractivity contribution is 6.39. The molecule has 0 amide bonds. The van der Waals surface area contributed by atoms with Gasteiger partial charge in [0.1, 0.15) is 0 Å². The minimum atomic E-state index is 0.557. The van der Waals surface area contributed by atoms with Crippen LogP contribution < -0.4 is 11.1 Å². The van der Waals surface area contributed by atoms with E-state index in [1.807, 2.05) is 0 Å². The van der Waals surface area contributed by atoms with Crippen LogP contribution in [-0.2, 0) is 0 Å². The van der Waals surface area contributed by atoms with Crippen molar-refractivity contribution in [2.24, 2.45) is 5.73 Å². The molecule has 0 heterocycles. The lowest BCUT2D eigenvalue weighted by molar-refractivity contribution is 1.02. The van der Waals surface area contributed by atoms with Gasteiger partial charge in [0, 0.05) is 13.1 Å². The van der Waals surface area contributed by atoms with Crippen LogP contribution in [-0.4, -0.2) is 13.1 Å². The molecule has 66 valence electrons. The monoisotopic (exact) mass is 204 g/mol. The molecule has 0 aliphatic carbocycles. The maximum atomic E-state index is 5.88. The lowest BCUT2D eigenvalue weighted by Crippen LogP contribution is -2.13. The summed E-state index contributed by atoms with van der Waals surface area (Å²) >= 11 is 11.8. The summed E-state index contributed by atoms with van der Waals surface area (Å²) in [4.78, 5) is 0. The van der Waals surface area contributed by atoms with E-state index in [4.69, 9.17) is 28.9 Å². The minimum Gasteiger partial charge on any atom is -0.381 e. The van der Waals surface area contributed by atoms with Crippen LogP contribution in [0.2, 0.25) is 10.0 Å². The molecule has 1 aromatic carbocycles. The average molecular weight is 205 g/mol. The highest BCUT2D eigenvalue weighted by atomic mass is 35.5. The molecule has 1 rings (SSSR count). The van der Waals surface area contributed by atoms with Crippen LogP contribution in [0.1, 0.15) is 0 Å². The second kappa shape index (κ2) is 4.55. The Labute approximate surface area is 81.7 Å². The summed E-state index contributed by atoms with van der Waals surface area (Å²) in [7, 11) is 0. The smallest absolute Gasteiger partial charge is 0.0719 e. The first-order valence-electron chi connectivity index (χ1n) is 3.63. The van der Waals surface area contributed by atoms with E-state index in [0.29, 0.717) is 23.1 Å². The second-order valence-corrected chi connectivity index (χ2v) is 3.13. The van der Waals surface area contributed by atoms with E-state index < -0.39 is 0 Å². The molecule has 0 atom stereocenters.